The fourth-order valence-corrected chi connectivity index (χ4v) is 4.35. The average molecular weight is 486 g/mol. The minimum absolute atomic E-state index is 0.00357. The molecule has 3 amide bonds. The van der Waals surface area contributed by atoms with Gasteiger partial charge in [-0.05, 0) is 5.92 Å². The number of carbonyl (C=O) groups is 3. The van der Waals surface area contributed by atoms with Gasteiger partial charge in [-0.25, -0.2) is 22.0 Å². The summed E-state index contributed by atoms with van der Waals surface area (Å²) in [5, 5.41) is 14.1. The molecule has 1 aromatic heterocycles. The molecule has 3 N–H and O–H groups in total. The van der Waals surface area contributed by atoms with Gasteiger partial charge in [0.25, 0.3) is 5.92 Å². The predicted molar refractivity (Wildman–Crippen MR) is 105 cm³/mol. The first-order valence-corrected chi connectivity index (χ1v) is 10.2. The maximum absolute atomic E-state index is 13.6. The van der Waals surface area contributed by atoms with Crippen LogP contribution in [0.25, 0.3) is 0 Å². The van der Waals surface area contributed by atoms with Crippen LogP contribution in [0.2, 0.25) is 0 Å². The first-order valence-electron chi connectivity index (χ1n) is 10.2. The Hall–Kier alpha value is -3.58. The highest BCUT2D eigenvalue weighted by Crippen LogP contribution is 2.51. The Morgan fingerprint density at radius 2 is 1.76 bits per heavy atom. The highest BCUT2D eigenvalue weighted by molar-refractivity contribution is 6.35. The molecule has 1 aromatic carbocycles. The first kappa shape index (κ1) is 23.6. The zero-order valence-corrected chi connectivity index (χ0v) is 17.7. The second kappa shape index (κ2) is 8.33. The lowest BCUT2D eigenvalue weighted by molar-refractivity contribution is -0.159. The highest BCUT2D eigenvalue weighted by Gasteiger charge is 2.60. The lowest BCUT2D eigenvalue weighted by Gasteiger charge is -2.46. The number of rotatable bonds is 4. The summed E-state index contributed by atoms with van der Waals surface area (Å²) in [4.78, 5) is 39.0. The number of carbonyl (C=O) groups excluding carboxylic acids is 3. The number of alkyl halides is 2. The van der Waals surface area contributed by atoms with Crippen LogP contribution in [0.15, 0.2) is 18.3 Å². The fourth-order valence-electron chi connectivity index (χ4n) is 4.35. The molecule has 34 heavy (non-hydrogen) atoms. The van der Waals surface area contributed by atoms with Gasteiger partial charge in [0.15, 0.2) is 17.5 Å². The molecule has 1 saturated heterocycles. The summed E-state index contributed by atoms with van der Waals surface area (Å²) in [6, 6.07) is 1.23. The molecular weight excluding hydrogens is 467 g/mol. The van der Waals surface area contributed by atoms with Gasteiger partial charge in [0.05, 0.1) is 11.5 Å². The van der Waals surface area contributed by atoms with E-state index in [1.807, 2.05) is 0 Å². The van der Waals surface area contributed by atoms with Crippen molar-refractivity contribution in [3.05, 3.63) is 41.5 Å². The molecule has 0 unspecified atom stereocenters. The maximum atomic E-state index is 13.6. The van der Waals surface area contributed by atoms with Crippen molar-refractivity contribution in [2.45, 2.75) is 31.2 Å². The molecule has 2 aromatic rings. The van der Waals surface area contributed by atoms with Crippen molar-refractivity contribution in [3.8, 4) is 0 Å². The Labute approximate surface area is 189 Å². The molecule has 2 atom stereocenters. The molecule has 1 saturated carbocycles. The van der Waals surface area contributed by atoms with Gasteiger partial charge in [0.1, 0.15) is 5.69 Å². The number of hydrogen-bond acceptors (Lipinski definition) is 5. The third-order valence-corrected chi connectivity index (χ3v) is 6.06. The number of benzene rings is 1. The fraction of sp³-hybridized carbons (Fsp3) is 0.450. The minimum Gasteiger partial charge on any atom is -0.336 e. The molecule has 182 valence electrons. The molecule has 1 aliphatic heterocycles. The number of amides is 3. The van der Waals surface area contributed by atoms with Crippen molar-refractivity contribution in [1.29, 1.82) is 0 Å². The summed E-state index contributed by atoms with van der Waals surface area (Å²) >= 11 is 0. The zero-order valence-electron chi connectivity index (χ0n) is 17.7. The topological polar surface area (TPSA) is 120 Å². The molecular formula is C20H19F5N6O3. The molecule has 9 nitrogen and oxygen atoms in total. The summed E-state index contributed by atoms with van der Waals surface area (Å²) in [6.45, 7) is 1.44. The monoisotopic (exact) mass is 486 g/mol. The Bertz CT molecular complexity index is 1110. The van der Waals surface area contributed by atoms with Gasteiger partial charge in [-0.1, -0.05) is 12.1 Å². The summed E-state index contributed by atoms with van der Waals surface area (Å²) in [5.41, 5.74) is -1.80. The second-order valence-corrected chi connectivity index (χ2v) is 8.64. The van der Waals surface area contributed by atoms with Gasteiger partial charge < -0.3 is 15.5 Å². The summed E-state index contributed by atoms with van der Waals surface area (Å²) in [6.07, 6.45) is -0.255. The van der Waals surface area contributed by atoms with Crippen LogP contribution >= 0.6 is 0 Å². The standard InChI is InChI=1S/C20H19F5N6O3/c1-9-5-31(6-11(9)16(32)27-10-2-12(21)15(23)13(22)3-10)18(34)17(33)28-19(7-20(24,25)8-19)14-4-26-30-29-14/h2-4,9,11H,5-8H2,1H3,(H,27,32)(H,28,33)(H,26,29,30)/t9-,11+/m0/s1. The minimum atomic E-state index is -3.04. The van der Waals surface area contributed by atoms with E-state index in [4.69, 9.17) is 0 Å². The van der Waals surface area contributed by atoms with Gasteiger partial charge in [-0.15, -0.1) is 5.10 Å². The SMILES string of the molecule is C[C@H]1CN(C(=O)C(=O)NC2(c3c[nH]nn3)CC(F)(F)C2)C[C@H]1C(=O)Nc1cc(F)c(F)c(F)c1. The predicted octanol–water partition coefficient (Wildman–Crippen LogP) is 1.70. The van der Waals surface area contributed by atoms with Crippen LogP contribution in [0, 0.1) is 29.3 Å². The van der Waals surface area contributed by atoms with Gasteiger partial charge in [-0.2, -0.15) is 0 Å². The van der Waals surface area contributed by atoms with E-state index in [1.54, 1.807) is 6.92 Å². The van der Waals surface area contributed by atoms with Crippen molar-refractivity contribution in [1.82, 2.24) is 25.6 Å². The normalized spacial score (nSPS) is 22.7. The van der Waals surface area contributed by atoms with Crippen molar-refractivity contribution in [2.24, 2.45) is 11.8 Å². The number of aromatic nitrogens is 3. The molecule has 2 aliphatic rings. The van der Waals surface area contributed by atoms with Crippen LogP contribution < -0.4 is 10.6 Å². The lowest BCUT2D eigenvalue weighted by Crippen LogP contribution is -2.62. The summed E-state index contributed by atoms with van der Waals surface area (Å²) in [7, 11) is 0. The molecule has 1 aliphatic carbocycles. The number of hydrogen-bond donors (Lipinski definition) is 3. The number of anilines is 1. The number of nitrogens with one attached hydrogen (secondary N) is 3. The van der Waals surface area contributed by atoms with E-state index in [1.165, 1.54) is 6.20 Å². The van der Waals surface area contributed by atoms with Crippen LogP contribution in [0.5, 0.6) is 0 Å². The molecule has 0 radical (unpaired) electrons. The average Bonchev–Trinajstić information content (AvgIpc) is 3.40. The van der Waals surface area contributed by atoms with Gasteiger partial charge in [0, 0.05) is 49.9 Å². The Balaban J connectivity index is 1.41. The first-order chi connectivity index (χ1) is 15.9. The van der Waals surface area contributed by atoms with E-state index in [-0.39, 0.29) is 24.5 Å². The van der Waals surface area contributed by atoms with E-state index in [0.29, 0.717) is 12.1 Å². The van der Waals surface area contributed by atoms with Crippen LogP contribution in [0.1, 0.15) is 25.5 Å². The Morgan fingerprint density at radius 3 is 2.32 bits per heavy atom. The Morgan fingerprint density at radius 1 is 1.12 bits per heavy atom. The van der Waals surface area contributed by atoms with Crippen LogP contribution in [0.4, 0.5) is 27.6 Å². The number of aromatic amines is 1. The van der Waals surface area contributed by atoms with Crippen LogP contribution in [-0.2, 0) is 19.9 Å². The molecule has 2 heterocycles. The van der Waals surface area contributed by atoms with Crippen molar-refractivity contribution < 1.29 is 36.3 Å². The van der Waals surface area contributed by atoms with E-state index in [2.05, 4.69) is 26.0 Å². The van der Waals surface area contributed by atoms with E-state index in [0.717, 1.165) is 4.90 Å². The van der Waals surface area contributed by atoms with Crippen molar-refractivity contribution in [2.75, 3.05) is 18.4 Å². The number of H-pyrrole nitrogens is 1. The van der Waals surface area contributed by atoms with Crippen LogP contribution in [-0.4, -0.2) is 57.0 Å². The Kier molecular flexibility index (Phi) is 5.77. The molecule has 0 spiro atoms. The molecule has 14 heteroatoms. The third kappa shape index (κ3) is 4.31. The molecule has 0 bridgehead atoms. The largest absolute Gasteiger partial charge is 0.336 e. The summed E-state index contributed by atoms with van der Waals surface area (Å²) in [5.74, 6) is -11.8. The maximum Gasteiger partial charge on any atom is 0.311 e. The number of halogens is 5. The van der Waals surface area contributed by atoms with E-state index < -0.39 is 71.3 Å². The van der Waals surface area contributed by atoms with Gasteiger partial charge >= 0.3 is 11.8 Å². The van der Waals surface area contributed by atoms with Gasteiger partial charge in [-0.3, -0.25) is 19.5 Å². The van der Waals surface area contributed by atoms with Gasteiger partial charge in [0.2, 0.25) is 5.91 Å². The number of likely N-dealkylation sites (tertiary alicyclic amines) is 1. The van der Waals surface area contributed by atoms with Crippen molar-refractivity contribution in [3.63, 3.8) is 0 Å². The number of nitrogens with zero attached hydrogens (tertiary/aromatic N) is 3. The third-order valence-electron chi connectivity index (χ3n) is 6.06. The second-order valence-electron chi connectivity index (χ2n) is 8.64. The smallest absolute Gasteiger partial charge is 0.311 e. The van der Waals surface area contributed by atoms with Crippen molar-refractivity contribution >= 4 is 23.4 Å². The summed E-state index contributed by atoms with van der Waals surface area (Å²) < 4.78 is 67.1. The zero-order chi connectivity index (χ0) is 24.8. The van der Waals surface area contributed by atoms with E-state index >= 15 is 0 Å². The van der Waals surface area contributed by atoms with Crippen LogP contribution in [0.3, 0.4) is 0 Å². The van der Waals surface area contributed by atoms with E-state index in [9.17, 15) is 36.3 Å². The highest BCUT2D eigenvalue weighted by atomic mass is 19.3. The molecule has 4 rings (SSSR count). The molecule has 2 fully saturated rings. The quantitative estimate of drug-likeness (QED) is 0.345. The lowest BCUT2D eigenvalue weighted by atomic mass is 9.71.